The van der Waals surface area contributed by atoms with Crippen LogP contribution in [-0.2, 0) is 6.54 Å². The Kier molecular flexibility index (Phi) is 3.75. The predicted molar refractivity (Wildman–Crippen MR) is 70.6 cm³/mol. The van der Waals surface area contributed by atoms with E-state index < -0.39 is 0 Å². The summed E-state index contributed by atoms with van der Waals surface area (Å²) in [5, 5.41) is 0. The summed E-state index contributed by atoms with van der Waals surface area (Å²) in [6.07, 6.45) is 1.38. The molecular formula is C14H14N2O3. The fraction of sp³-hybridized carbons (Fsp3) is 0.214. The molecule has 2 rings (SSSR count). The molecule has 0 saturated heterocycles. The Balaban J connectivity index is 2.23. The van der Waals surface area contributed by atoms with Crippen LogP contribution in [0.15, 0.2) is 41.5 Å². The maximum absolute atomic E-state index is 12.1. The number of ether oxygens (including phenoxy) is 1. The summed E-state index contributed by atoms with van der Waals surface area (Å²) in [7, 11) is 1.54. The van der Waals surface area contributed by atoms with Gasteiger partial charge in [-0.15, -0.1) is 0 Å². The lowest BCUT2D eigenvalue weighted by Crippen LogP contribution is -2.24. The molecule has 0 bridgehead atoms. The van der Waals surface area contributed by atoms with Gasteiger partial charge in [-0.25, -0.2) is 4.98 Å². The van der Waals surface area contributed by atoms with E-state index in [0.717, 1.165) is 0 Å². The molecule has 0 atom stereocenters. The van der Waals surface area contributed by atoms with Gasteiger partial charge in [-0.2, -0.15) is 0 Å². The molecule has 98 valence electrons. The minimum atomic E-state index is -0.233. The summed E-state index contributed by atoms with van der Waals surface area (Å²) in [4.78, 5) is 27.8. The SMILES string of the molecule is COc1cccc(C(=O)Cn2cnc(C)cc2=O)c1. The summed E-state index contributed by atoms with van der Waals surface area (Å²) < 4.78 is 6.35. The molecule has 2 aromatic rings. The van der Waals surface area contributed by atoms with Gasteiger partial charge in [-0.3, -0.25) is 14.2 Å². The predicted octanol–water partition coefficient (Wildman–Crippen LogP) is 1.44. The van der Waals surface area contributed by atoms with E-state index in [-0.39, 0.29) is 17.9 Å². The number of benzene rings is 1. The minimum absolute atomic E-state index is 0.0285. The molecule has 0 spiro atoms. The van der Waals surface area contributed by atoms with Crippen molar-refractivity contribution in [2.45, 2.75) is 13.5 Å². The Bertz CT molecular complexity index is 662. The molecule has 0 amide bonds. The van der Waals surface area contributed by atoms with Crippen LogP contribution >= 0.6 is 0 Å². The molecule has 1 heterocycles. The molecule has 0 aliphatic rings. The molecular weight excluding hydrogens is 244 g/mol. The van der Waals surface area contributed by atoms with Gasteiger partial charge < -0.3 is 4.74 Å². The zero-order valence-electron chi connectivity index (χ0n) is 10.8. The summed E-state index contributed by atoms with van der Waals surface area (Å²) in [6, 6.07) is 8.24. The molecule has 19 heavy (non-hydrogen) atoms. The summed E-state index contributed by atoms with van der Waals surface area (Å²) in [5.74, 6) is 0.451. The van der Waals surface area contributed by atoms with Gasteiger partial charge in [0.25, 0.3) is 5.56 Å². The molecule has 0 fully saturated rings. The fourth-order valence-electron chi connectivity index (χ4n) is 1.68. The third-order valence-electron chi connectivity index (χ3n) is 2.72. The standard InChI is InChI=1S/C14H14N2O3/c1-10-6-14(18)16(9-15-10)8-13(17)11-4-3-5-12(7-11)19-2/h3-7,9H,8H2,1-2H3. The number of hydrogen-bond donors (Lipinski definition) is 0. The van der Waals surface area contributed by atoms with Crippen LogP contribution < -0.4 is 10.3 Å². The number of carbonyl (C=O) groups is 1. The van der Waals surface area contributed by atoms with Gasteiger partial charge in [-0.05, 0) is 19.1 Å². The van der Waals surface area contributed by atoms with Crippen LogP contribution in [0, 0.1) is 6.92 Å². The average Bonchev–Trinajstić information content (AvgIpc) is 2.42. The van der Waals surface area contributed by atoms with E-state index in [1.807, 2.05) is 0 Å². The summed E-state index contributed by atoms with van der Waals surface area (Å²) in [5.41, 5.74) is 0.908. The number of ketones is 1. The highest BCUT2D eigenvalue weighted by Crippen LogP contribution is 2.13. The van der Waals surface area contributed by atoms with Crippen LogP contribution in [0.1, 0.15) is 16.1 Å². The van der Waals surface area contributed by atoms with E-state index in [1.165, 1.54) is 24.1 Å². The molecule has 0 aliphatic carbocycles. The quantitative estimate of drug-likeness (QED) is 0.779. The largest absolute Gasteiger partial charge is 0.497 e. The Morgan fingerprint density at radius 1 is 1.37 bits per heavy atom. The van der Waals surface area contributed by atoms with Gasteiger partial charge in [0.1, 0.15) is 5.75 Å². The number of methoxy groups -OCH3 is 1. The lowest BCUT2D eigenvalue weighted by molar-refractivity contribution is 0.0970. The van der Waals surface area contributed by atoms with Gasteiger partial charge in [0.05, 0.1) is 20.0 Å². The smallest absolute Gasteiger partial charge is 0.253 e. The first kappa shape index (κ1) is 13.0. The fourth-order valence-corrected chi connectivity index (χ4v) is 1.68. The van der Waals surface area contributed by atoms with Crippen molar-refractivity contribution >= 4 is 5.78 Å². The molecule has 0 radical (unpaired) electrons. The van der Waals surface area contributed by atoms with Crippen LogP contribution in [0.5, 0.6) is 5.75 Å². The summed E-state index contributed by atoms with van der Waals surface area (Å²) in [6.45, 7) is 1.70. The second-order valence-corrected chi connectivity index (χ2v) is 4.15. The lowest BCUT2D eigenvalue weighted by Gasteiger charge is -2.06. The molecule has 0 aliphatic heterocycles. The van der Waals surface area contributed by atoms with Gasteiger partial charge in [0.2, 0.25) is 0 Å². The molecule has 5 nitrogen and oxygen atoms in total. The van der Waals surface area contributed by atoms with Gasteiger partial charge in [0.15, 0.2) is 5.78 Å². The number of rotatable bonds is 4. The van der Waals surface area contributed by atoms with Gasteiger partial charge in [-0.1, -0.05) is 12.1 Å². The molecule has 1 aromatic carbocycles. The first-order valence-corrected chi connectivity index (χ1v) is 5.80. The third-order valence-corrected chi connectivity index (χ3v) is 2.72. The number of carbonyl (C=O) groups excluding carboxylic acids is 1. The average molecular weight is 258 g/mol. The van der Waals surface area contributed by atoms with Crippen LogP contribution in [0.2, 0.25) is 0 Å². The van der Waals surface area contributed by atoms with Gasteiger partial charge >= 0.3 is 0 Å². The van der Waals surface area contributed by atoms with Crippen LogP contribution in [-0.4, -0.2) is 22.4 Å². The topological polar surface area (TPSA) is 61.2 Å². The number of Topliss-reactive ketones (excluding diaryl/α,β-unsaturated/α-hetero) is 1. The Hall–Kier alpha value is -2.43. The second kappa shape index (κ2) is 5.48. The van der Waals surface area contributed by atoms with E-state index in [0.29, 0.717) is 17.0 Å². The van der Waals surface area contributed by atoms with Crippen molar-refractivity contribution in [2.75, 3.05) is 7.11 Å². The highest BCUT2D eigenvalue weighted by Gasteiger charge is 2.09. The van der Waals surface area contributed by atoms with E-state index in [1.54, 1.807) is 31.2 Å². The number of hydrogen-bond acceptors (Lipinski definition) is 4. The Labute approximate surface area is 110 Å². The van der Waals surface area contributed by atoms with Crippen molar-refractivity contribution in [3.8, 4) is 5.75 Å². The number of nitrogens with zero attached hydrogens (tertiary/aromatic N) is 2. The number of aryl methyl sites for hydroxylation is 1. The monoisotopic (exact) mass is 258 g/mol. The molecule has 0 N–H and O–H groups in total. The normalized spacial score (nSPS) is 10.2. The zero-order chi connectivity index (χ0) is 13.8. The van der Waals surface area contributed by atoms with E-state index in [4.69, 9.17) is 4.74 Å². The Morgan fingerprint density at radius 2 is 2.16 bits per heavy atom. The summed E-state index contributed by atoms with van der Waals surface area (Å²) >= 11 is 0. The zero-order valence-corrected chi connectivity index (χ0v) is 10.8. The van der Waals surface area contributed by atoms with Crippen molar-refractivity contribution in [2.24, 2.45) is 0 Å². The first-order valence-electron chi connectivity index (χ1n) is 5.80. The highest BCUT2D eigenvalue weighted by atomic mass is 16.5. The van der Waals surface area contributed by atoms with Crippen LogP contribution in [0.25, 0.3) is 0 Å². The van der Waals surface area contributed by atoms with Gasteiger partial charge in [0, 0.05) is 17.3 Å². The maximum atomic E-state index is 12.1. The molecule has 0 saturated carbocycles. The minimum Gasteiger partial charge on any atom is -0.497 e. The highest BCUT2D eigenvalue weighted by molar-refractivity contribution is 5.96. The second-order valence-electron chi connectivity index (χ2n) is 4.15. The van der Waals surface area contributed by atoms with Crippen molar-refractivity contribution in [1.29, 1.82) is 0 Å². The Morgan fingerprint density at radius 3 is 2.84 bits per heavy atom. The van der Waals surface area contributed by atoms with E-state index in [2.05, 4.69) is 4.98 Å². The van der Waals surface area contributed by atoms with Crippen molar-refractivity contribution in [1.82, 2.24) is 9.55 Å². The van der Waals surface area contributed by atoms with Crippen LogP contribution in [0.4, 0.5) is 0 Å². The van der Waals surface area contributed by atoms with E-state index in [9.17, 15) is 9.59 Å². The van der Waals surface area contributed by atoms with Crippen molar-refractivity contribution in [3.63, 3.8) is 0 Å². The molecule has 5 heteroatoms. The van der Waals surface area contributed by atoms with Crippen molar-refractivity contribution < 1.29 is 9.53 Å². The van der Waals surface area contributed by atoms with Crippen LogP contribution in [0.3, 0.4) is 0 Å². The third kappa shape index (κ3) is 3.07. The van der Waals surface area contributed by atoms with Crippen molar-refractivity contribution in [3.05, 3.63) is 58.3 Å². The first-order chi connectivity index (χ1) is 9.10. The number of aromatic nitrogens is 2. The molecule has 0 unspecified atom stereocenters. The maximum Gasteiger partial charge on any atom is 0.253 e. The van der Waals surface area contributed by atoms with E-state index >= 15 is 0 Å². The lowest BCUT2D eigenvalue weighted by atomic mass is 10.1. The molecule has 1 aromatic heterocycles.